The van der Waals surface area contributed by atoms with Crippen molar-refractivity contribution in [3.8, 4) is 5.88 Å². The van der Waals surface area contributed by atoms with Crippen molar-refractivity contribution in [1.29, 1.82) is 0 Å². The molecule has 1 fully saturated rings. The zero-order chi connectivity index (χ0) is 11.0. The molecular weight excluding hydrogens is 200 g/mol. The highest BCUT2D eigenvalue weighted by Gasteiger charge is 2.20. The molecule has 0 aromatic carbocycles. The summed E-state index contributed by atoms with van der Waals surface area (Å²) < 4.78 is 7.36. The van der Waals surface area contributed by atoms with Gasteiger partial charge in [-0.25, -0.2) is 4.98 Å². The quantitative estimate of drug-likeness (QED) is 0.771. The van der Waals surface area contributed by atoms with Gasteiger partial charge >= 0.3 is 0 Å². The molecule has 0 spiro atoms. The van der Waals surface area contributed by atoms with E-state index >= 15 is 0 Å². The second-order valence-electron chi connectivity index (χ2n) is 4.44. The van der Waals surface area contributed by atoms with E-state index in [1.54, 1.807) is 7.11 Å². The van der Waals surface area contributed by atoms with Gasteiger partial charge in [0.1, 0.15) is 5.65 Å². The molecule has 1 aliphatic carbocycles. The van der Waals surface area contributed by atoms with E-state index in [4.69, 9.17) is 4.74 Å². The van der Waals surface area contributed by atoms with Crippen LogP contribution in [0, 0.1) is 0 Å². The standard InChI is InChI=1S/C13H16N2O/c1-16-13-8-4-7-12-14-11(9-15(12)13)10-5-2-3-6-10/h4,7-10H,2-3,5-6H2,1H3. The molecule has 0 saturated heterocycles. The van der Waals surface area contributed by atoms with Gasteiger partial charge < -0.3 is 4.74 Å². The van der Waals surface area contributed by atoms with Gasteiger partial charge in [-0.05, 0) is 25.0 Å². The van der Waals surface area contributed by atoms with Crippen LogP contribution in [0.5, 0.6) is 5.88 Å². The molecule has 0 unspecified atom stereocenters. The Labute approximate surface area is 95.1 Å². The smallest absolute Gasteiger partial charge is 0.198 e. The van der Waals surface area contributed by atoms with Gasteiger partial charge in [-0.1, -0.05) is 18.9 Å². The fourth-order valence-electron chi connectivity index (χ4n) is 2.59. The lowest BCUT2D eigenvalue weighted by atomic mass is 10.1. The highest BCUT2D eigenvalue weighted by Crippen LogP contribution is 2.34. The number of hydrogen-bond acceptors (Lipinski definition) is 2. The fraction of sp³-hybridized carbons (Fsp3) is 0.462. The van der Waals surface area contributed by atoms with Crippen LogP contribution in [-0.4, -0.2) is 16.5 Å². The first-order valence-corrected chi connectivity index (χ1v) is 5.90. The average Bonchev–Trinajstić information content (AvgIpc) is 2.96. The molecule has 0 aliphatic heterocycles. The van der Waals surface area contributed by atoms with Crippen LogP contribution in [0.4, 0.5) is 0 Å². The molecule has 0 amide bonds. The maximum atomic E-state index is 5.33. The van der Waals surface area contributed by atoms with E-state index in [1.807, 2.05) is 22.6 Å². The normalized spacial score (nSPS) is 17.1. The Morgan fingerprint density at radius 3 is 2.88 bits per heavy atom. The Morgan fingerprint density at radius 2 is 2.12 bits per heavy atom. The summed E-state index contributed by atoms with van der Waals surface area (Å²) in [6.45, 7) is 0. The first kappa shape index (κ1) is 9.70. The summed E-state index contributed by atoms with van der Waals surface area (Å²) in [6.07, 6.45) is 7.38. The third-order valence-electron chi connectivity index (χ3n) is 3.46. The molecular formula is C13H16N2O. The van der Waals surface area contributed by atoms with Crippen molar-refractivity contribution < 1.29 is 4.74 Å². The van der Waals surface area contributed by atoms with Gasteiger partial charge in [-0.2, -0.15) is 0 Å². The molecule has 0 radical (unpaired) electrons. The lowest BCUT2D eigenvalue weighted by molar-refractivity contribution is 0.392. The first-order valence-electron chi connectivity index (χ1n) is 5.90. The first-order chi connectivity index (χ1) is 7.88. The monoisotopic (exact) mass is 216 g/mol. The number of nitrogens with zero attached hydrogens (tertiary/aromatic N) is 2. The van der Waals surface area contributed by atoms with Crippen molar-refractivity contribution in [2.75, 3.05) is 7.11 Å². The molecule has 2 aromatic heterocycles. The molecule has 2 aromatic rings. The Hall–Kier alpha value is -1.51. The van der Waals surface area contributed by atoms with E-state index < -0.39 is 0 Å². The number of fused-ring (bicyclic) bond motifs is 1. The van der Waals surface area contributed by atoms with Crippen LogP contribution in [-0.2, 0) is 0 Å². The summed E-state index contributed by atoms with van der Waals surface area (Å²) in [5, 5.41) is 0. The van der Waals surface area contributed by atoms with Gasteiger partial charge in [-0.15, -0.1) is 0 Å². The van der Waals surface area contributed by atoms with Crippen LogP contribution in [0.25, 0.3) is 5.65 Å². The summed E-state index contributed by atoms with van der Waals surface area (Å²) in [5.74, 6) is 1.51. The lowest BCUT2D eigenvalue weighted by Gasteiger charge is -2.03. The predicted octanol–water partition coefficient (Wildman–Crippen LogP) is 3.00. The van der Waals surface area contributed by atoms with Crippen LogP contribution >= 0.6 is 0 Å². The van der Waals surface area contributed by atoms with Crippen LogP contribution < -0.4 is 4.74 Å². The Kier molecular flexibility index (Phi) is 2.31. The summed E-state index contributed by atoms with van der Waals surface area (Å²) in [7, 11) is 1.70. The molecule has 84 valence electrons. The summed E-state index contributed by atoms with van der Waals surface area (Å²) in [6, 6.07) is 5.98. The minimum absolute atomic E-state index is 0.657. The molecule has 1 aliphatic rings. The van der Waals surface area contributed by atoms with Crippen molar-refractivity contribution in [1.82, 2.24) is 9.38 Å². The third-order valence-corrected chi connectivity index (χ3v) is 3.46. The lowest BCUT2D eigenvalue weighted by Crippen LogP contribution is -1.92. The van der Waals surface area contributed by atoms with Gasteiger partial charge in [0.2, 0.25) is 0 Å². The van der Waals surface area contributed by atoms with E-state index in [-0.39, 0.29) is 0 Å². The van der Waals surface area contributed by atoms with Crippen LogP contribution in [0.3, 0.4) is 0 Å². The summed E-state index contributed by atoms with van der Waals surface area (Å²) in [4.78, 5) is 4.69. The molecule has 0 N–H and O–H groups in total. The zero-order valence-corrected chi connectivity index (χ0v) is 9.52. The molecule has 3 heteroatoms. The SMILES string of the molecule is COc1cccc2nc(C3CCCC3)cn12. The fourth-order valence-corrected chi connectivity index (χ4v) is 2.59. The maximum absolute atomic E-state index is 5.33. The topological polar surface area (TPSA) is 26.5 Å². The Bertz CT molecular complexity index is 498. The molecule has 0 bridgehead atoms. The zero-order valence-electron chi connectivity index (χ0n) is 9.52. The number of rotatable bonds is 2. The summed E-state index contributed by atoms with van der Waals surface area (Å²) >= 11 is 0. The third kappa shape index (κ3) is 1.47. The largest absolute Gasteiger partial charge is 0.482 e. The van der Waals surface area contributed by atoms with Crippen molar-refractivity contribution in [3.05, 3.63) is 30.1 Å². The number of imidazole rings is 1. The maximum Gasteiger partial charge on any atom is 0.198 e. The molecule has 3 rings (SSSR count). The van der Waals surface area contributed by atoms with Crippen LogP contribution in [0.2, 0.25) is 0 Å². The van der Waals surface area contributed by atoms with E-state index in [0.29, 0.717) is 5.92 Å². The highest BCUT2D eigenvalue weighted by atomic mass is 16.5. The number of aromatic nitrogens is 2. The number of methoxy groups -OCH3 is 1. The van der Waals surface area contributed by atoms with Crippen LogP contribution in [0.15, 0.2) is 24.4 Å². The molecule has 0 atom stereocenters. The van der Waals surface area contributed by atoms with Crippen molar-refractivity contribution in [2.45, 2.75) is 31.6 Å². The number of pyridine rings is 1. The Morgan fingerprint density at radius 1 is 1.31 bits per heavy atom. The number of ether oxygens (including phenoxy) is 1. The second-order valence-corrected chi connectivity index (χ2v) is 4.44. The summed E-state index contributed by atoms with van der Waals surface area (Å²) in [5.41, 5.74) is 2.21. The highest BCUT2D eigenvalue weighted by molar-refractivity contribution is 5.44. The van der Waals surface area contributed by atoms with E-state index in [2.05, 4.69) is 11.2 Å². The van der Waals surface area contributed by atoms with Gasteiger partial charge in [0.25, 0.3) is 0 Å². The molecule has 16 heavy (non-hydrogen) atoms. The van der Waals surface area contributed by atoms with E-state index in [1.165, 1.54) is 31.4 Å². The van der Waals surface area contributed by atoms with Gasteiger partial charge in [0.15, 0.2) is 5.88 Å². The van der Waals surface area contributed by atoms with Crippen molar-refractivity contribution in [2.24, 2.45) is 0 Å². The number of hydrogen-bond donors (Lipinski definition) is 0. The Balaban J connectivity index is 2.07. The van der Waals surface area contributed by atoms with Crippen molar-refractivity contribution in [3.63, 3.8) is 0 Å². The minimum atomic E-state index is 0.657. The molecule has 3 nitrogen and oxygen atoms in total. The van der Waals surface area contributed by atoms with Gasteiger partial charge in [-0.3, -0.25) is 4.40 Å². The van der Waals surface area contributed by atoms with E-state index in [0.717, 1.165) is 11.5 Å². The second kappa shape index (κ2) is 3.81. The average molecular weight is 216 g/mol. The van der Waals surface area contributed by atoms with E-state index in [9.17, 15) is 0 Å². The minimum Gasteiger partial charge on any atom is -0.482 e. The van der Waals surface area contributed by atoms with Gasteiger partial charge in [0, 0.05) is 12.1 Å². The van der Waals surface area contributed by atoms with Gasteiger partial charge in [0.05, 0.1) is 12.8 Å². The molecule has 1 saturated carbocycles. The van der Waals surface area contributed by atoms with Crippen LogP contribution in [0.1, 0.15) is 37.3 Å². The molecule has 2 heterocycles. The van der Waals surface area contributed by atoms with Crippen molar-refractivity contribution >= 4 is 5.65 Å². The predicted molar refractivity (Wildman–Crippen MR) is 63.0 cm³/mol.